The summed E-state index contributed by atoms with van der Waals surface area (Å²) >= 11 is 0. The van der Waals surface area contributed by atoms with Crippen molar-refractivity contribution >= 4 is 5.69 Å². The van der Waals surface area contributed by atoms with E-state index in [1.165, 1.54) is 6.07 Å². The molecule has 0 bridgehead atoms. The predicted octanol–water partition coefficient (Wildman–Crippen LogP) is 2.66. The molecule has 4 nitrogen and oxygen atoms in total. The Kier molecular flexibility index (Phi) is 4.24. The van der Waals surface area contributed by atoms with E-state index >= 15 is 0 Å². The molecule has 0 saturated heterocycles. The molecule has 0 radical (unpaired) electrons. The van der Waals surface area contributed by atoms with Gasteiger partial charge in [0.05, 0.1) is 4.92 Å². The van der Waals surface area contributed by atoms with Crippen molar-refractivity contribution in [3.8, 4) is 0 Å². The molecule has 0 fully saturated rings. The molecule has 4 heteroatoms. The van der Waals surface area contributed by atoms with E-state index in [9.17, 15) is 10.1 Å². The highest BCUT2D eigenvalue weighted by Gasteiger charge is 2.09. The summed E-state index contributed by atoms with van der Waals surface area (Å²) in [4.78, 5) is 10.2. The number of nitrogens with one attached hydrogen (secondary N) is 1. The lowest BCUT2D eigenvalue weighted by molar-refractivity contribution is -0.384. The Hall–Kier alpha value is -1.42. The van der Waals surface area contributed by atoms with Crippen molar-refractivity contribution < 1.29 is 4.92 Å². The van der Waals surface area contributed by atoms with Gasteiger partial charge in [0.1, 0.15) is 0 Å². The molecule has 0 aromatic heterocycles. The molecule has 1 aromatic rings. The zero-order valence-corrected chi connectivity index (χ0v) is 9.06. The summed E-state index contributed by atoms with van der Waals surface area (Å²) in [5, 5.41) is 13.9. The van der Waals surface area contributed by atoms with Crippen LogP contribution in [-0.4, -0.2) is 11.5 Å². The molecule has 0 unspecified atom stereocenters. The van der Waals surface area contributed by atoms with Crippen molar-refractivity contribution in [3.63, 3.8) is 0 Å². The fourth-order valence-electron chi connectivity index (χ4n) is 1.39. The van der Waals surface area contributed by atoms with E-state index in [-0.39, 0.29) is 16.7 Å². The van der Waals surface area contributed by atoms with Gasteiger partial charge < -0.3 is 5.32 Å². The first-order valence-corrected chi connectivity index (χ1v) is 5.13. The molecule has 0 aliphatic carbocycles. The lowest BCUT2D eigenvalue weighted by Gasteiger charge is -2.12. The second-order valence-corrected chi connectivity index (χ2v) is 3.53. The minimum atomic E-state index is -0.365. The van der Waals surface area contributed by atoms with Gasteiger partial charge in [-0.3, -0.25) is 10.1 Å². The van der Waals surface area contributed by atoms with E-state index in [1.807, 2.05) is 13.0 Å². The minimum absolute atomic E-state index is 0.151. The summed E-state index contributed by atoms with van der Waals surface area (Å²) in [6.45, 7) is 5.02. The fraction of sp³-hybridized carbons (Fsp3) is 0.455. The van der Waals surface area contributed by atoms with Crippen molar-refractivity contribution in [2.45, 2.75) is 26.3 Å². The van der Waals surface area contributed by atoms with Gasteiger partial charge in [-0.25, -0.2) is 0 Å². The number of benzene rings is 1. The topological polar surface area (TPSA) is 55.2 Å². The maximum atomic E-state index is 10.6. The van der Waals surface area contributed by atoms with Crippen LogP contribution in [0.5, 0.6) is 0 Å². The average Bonchev–Trinajstić information content (AvgIpc) is 2.26. The molecule has 1 rings (SSSR count). The van der Waals surface area contributed by atoms with Crippen molar-refractivity contribution in [2.75, 3.05) is 6.54 Å². The van der Waals surface area contributed by atoms with Crippen LogP contribution in [0.4, 0.5) is 5.69 Å². The van der Waals surface area contributed by atoms with Gasteiger partial charge in [0.15, 0.2) is 0 Å². The second kappa shape index (κ2) is 5.46. The van der Waals surface area contributed by atoms with Gasteiger partial charge in [-0.15, -0.1) is 0 Å². The van der Waals surface area contributed by atoms with E-state index < -0.39 is 0 Å². The van der Waals surface area contributed by atoms with E-state index in [4.69, 9.17) is 0 Å². The highest BCUT2D eigenvalue weighted by atomic mass is 16.6. The maximum absolute atomic E-state index is 10.6. The Balaban J connectivity index is 2.76. The van der Waals surface area contributed by atoms with Crippen LogP contribution in [-0.2, 0) is 0 Å². The van der Waals surface area contributed by atoms with Crippen LogP contribution in [0.15, 0.2) is 24.3 Å². The third-order valence-electron chi connectivity index (χ3n) is 2.28. The Morgan fingerprint density at radius 1 is 1.53 bits per heavy atom. The quantitative estimate of drug-likeness (QED) is 0.597. The standard InChI is InChI=1S/C11H16N2O2/c1-3-7-12-9(2)10-5-4-6-11(8-10)13(14)15/h4-6,8-9,12H,3,7H2,1-2H3/t9-/m0/s1. The Labute approximate surface area is 89.5 Å². The smallest absolute Gasteiger partial charge is 0.269 e. The molecule has 1 aromatic carbocycles. The molecule has 0 aliphatic rings. The van der Waals surface area contributed by atoms with Crippen molar-refractivity contribution in [1.29, 1.82) is 0 Å². The van der Waals surface area contributed by atoms with Crippen LogP contribution in [0.2, 0.25) is 0 Å². The summed E-state index contributed by atoms with van der Waals surface area (Å²) in [6.07, 6.45) is 1.05. The molecular formula is C11H16N2O2. The number of non-ortho nitro benzene ring substituents is 1. The molecule has 1 N–H and O–H groups in total. The molecule has 0 heterocycles. The Morgan fingerprint density at radius 2 is 2.27 bits per heavy atom. The van der Waals surface area contributed by atoms with Crippen molar-refractivity contribution in [3.05, 3.63) is 39.9 Å². The molecule has 0 saturated carbocycles. The second-order valence-electron chi connectivity index (χ2n) is 3.53. The SMILES string of the molecule is CCCN[C@@H](C)c1cccc([N+](=O)[O-])c1. The Bertz CT molecular complexity index is 339. The van der Waals surface area contributed by atoms with Crippen LogP contribution in [0.25, 0.3) is 0 Å². The first kappa shape index (κ1) is 11.7. The predicted molar refractivity (Wildman–Crippen MR) is 59.8 cm³/mol. The highest BCUT2D eigenvalue weighted by molar-refractivity contribution is 5.35. The van der Waals surface area contributed by atoms with E-state index in [1.54, 1.807) is 12.1 Å². The lowest BCUT2D eigenvalue weighted by atomic mass is 10.1. The summed E-state index contributed by atoms with van der Waals surface area (Å²) in [7, 11) is 0. The van der Waals surface area contributed by atoms with Gasteiger partial charge in [-0.05, 0) is 25.5 Å². The molecule has 0 spiro atoms. The number of nitro groups is 1. The number of hydrogen-bond donors (Lipinski definition) is 1. The van der Waals surface area contributed by atoms with Crippen LogP contribution < -0.4 is 5.32 Å². The summed E-state index contributed by atoms with van der Waals surface area (Å²) in [6, 6.07) is 6.91. The first-order valence-electron chi connectivity index (χ1n) is 5.13. The van der Waals surface area contributed by atoms with Gasteiger partial charge in [0, 0.05) is 18.2 Å². The maximum Gasteiger partial charge on any atom is 0.269 e. The average molecular weight is 208 g/mol. The monoisotopic (exact) mass is 208 g/mol. The summed E-state index contributed by atoms with van der Waals surface area (Å²) < 4.78 is 0. The van der Waals surface area contributed by atoms with Gasteiger partial charge in [-0.2, -0.15) is 0 Å². The molecule has 82 valence electrons. The van der Waals surface area contributed by atoms with Crippen molar-refractivity contribution in [2.24, 2.45) is 0 Å². The molecule has 15 heavy (non-hydrogen) atoms. The molecule has 0 aliphatic heterocycles. The zero-order chi connectivity index (χ0) is 11.3. The van der Waals surface area contributed by atoms with Crippen LogP contribution in [0, 0.1) is 10.1 Å². The zero-order valence-electron chi connectivity index (χ0n) is 9.06. The van der Waals surface area contributed by atoms with Crippen molar-refractivity contribution in [1.82, 2.24) is 5.32 Å². The third-order valence-corrected chi connectivity index (χ3v) is 2.28. The molecular weight excluding hydrogens is 192 g/mol. The van der Waals surface area contributed by atoms with Crippen LogP contribution in [0.3, 0.4) is 0 Å². The lowest BCUT2D eigenvalue weighted by Crippen LogP contribution is -2.19. The Morgan fingerprint density at radius 3 is 2.87 bits per heavy atom. The number of nitrogens with zero attached hydrogens (tertiary/aromatic N) is 1. The van der Waals surface area contributed by atoms with Gasteiger partial charge >= 0.3 is 0 Å². The van der Waals surface area contributed by atoms with Gasteiger partial charge in [-0.1, -0.05) is 19.1 Å². The number of nitro benzene ring substituents is 1. The van der Waals surface area contributed by atoms with Gasteiger partial charge in [0.2, 0.25) is 0 Å². The van der Waals surface area contributed by atoms with Crippen LogP contribution in [0.1, 0.15) is 31.9 Å². The molecule has 1 atom stereocenters. The number of hydrogen-bond acceptors (Lipinski definition) is 3. The van der Waals surface area contributed by atoms with E-state index in [2.05, 4.69) is 12.2 Å². The largest absolute Gasteiger partial charge is 0.310 e. The fourth-order valence-corrected chi connectivity index (χ4v) is 1.39. The highest BCUT2D eigenvalue weighted by Crippen LogP contribution is 2.18. The minimum Gasteiger partial charge on any atom is -0.310 e. The van der Waals surface area contributed by atoms with Gasteiger partial charge in [0.25, 0.3) is 5.69 Å². The first-order chi connectivity index (χ1) is 7.15. The summed E-state index contributed by atoms with van der Waals surface area (Å²) in [5.74, 6) is 0. The summed E-state index contributed by atoms with van der Waals surface area (Å²) in [5.41, 5.74) is 1.11. The van der Waals surface area contributed by atoms with Crippen LogP contribution >= 0.6 is 0 Å². The number of rotatable bonds is 5. The molecule has 0 amide bonds. The normalized spacial score (nSPS) is 12.4. The van der Waals surface area contributed by atoms with E-state index in [0.29, 0.717) is 0 Å². The third kappa shape index (κ3) is 3.32. The van der Waals surface area contributed by atoms with E-state index in [0.717, 1.165) is 18.5 Å².